The number of halogens is 1. The molecule has 180 valence electrons. The second-order valence-corrected chi connectivity index (χ2v) is 8.89. The number of nitrogens with one attached hydrogen (secondary N) is 1. The number of hydrogen-bond acceptors (Lipinski definition) is 5. The van der Waals surface area contributed by atoms with E-state index >= 15 is 0 Å². The Labute approximate surface area is 215 Å². The molecular formula is C29H19ClN4O3. The molecule has 0 aliphatic rings. The van der Waals surface area contributed by atoms with Crippen LogP contribution in [0.15, 0.2) is 107 Å². The van der Waals surface area contributed by atoms with Crippen molar-refractivity contribution < 1.29 is 4.74 Å². The molecule has 4 aromatic carbocycles. The van der Waals surface area contributed by atoms with Gasteiger partial charge in [0.2, 0.25) is 0 Å². The molecule has 0 spiro atoms. The van der Waals surface area contributed by atoms with Gasteiger partial charge in [-0.1, -0.05) is 60.1 Å². The summed E-state index contributed by atoms with van der Waals surface area (Å²) < 4.78 is 7.22. The second-order valence-electron chi connectivity index (χ2n) is 8.48. The van der Waals surface area contributed by atoms with Gasteiger partial charge in [-0.15, -0.1) is 0 Å². The molecule has 0 fully saturated rings. The molecule has 0 radical (unpaired) electrons. The van der Waals surface area contributed by atoms with Crippen molar-refractivity contribution in [2.45, 2.75) is 6.61 Å². The van der Waals surface area contributed by atoms with Crippen LogP contribution in [-0.4, -0.2) is 19.7 Å². The summed E-state index contributed by atoms with van der Waals surface area (Å²) in [5, 5.41) is 10.3. The third-order valence-electron chi connectivity index (χ3n) is 6.21. The fourth-order valence-electron chi connectivity index (χ4n) is 4.46. The highest BCUT2D eigenvalue weighted by Gasteiger charge is 2.16. The first-order chi connectivity index (χ1) is 18.1. The summed E-state index contributed by atoms with van der Waals surface area (Å²) in [5.41, 5.74) is 2.24. The van der Waals surface area contributed by atoms with Crippen molar-refractivity contribution in [2.24, 2.45) is 0 Å². The van der Waals surface area contributed by atoms with Crippen LogP contribution in [0.1, 0.15) is 5.56 Å². The quantitative estimate of drug-likeness (QED) is 0.332. The Bertz CT molecular complexity index is 1890. The third-order valence-corrected chi connectivity index (χ3v) is 6.52. The van der Waals surface area contributed by atoms with Crippen LogP contribution >= 0.6 is 11.6 Å². The molecule has 6 rings (SSSR count). The predicted octanol–water partition coefficient (Wildman–Crippen LogP) is 5.52. The summed E-state index contributed by atoms with van der Waals surface area (Å²) in [6.07, 6.45) is 3.23. The van der Waals surface area contributed by atoms with E-state index in [0.717, 1.165) is 16.3 Å². The average molecular weight is 507 g/mol. The van der Waals surface area contributed by atoms with Crippen LogP contribution in [0.4, 0.5) is 0 Å². The lowest BCUT2D eigenvalue weighted by Gasteiger charge is -2.14. The van der Waals surface area contributed by atoms with Gasteiger partial charge in [0, 0.05) is 22.7 Å². The summed E-state index contributed by atoms with van der Waals surface area (Å²) in [5.74, 6) is 0.565. The maximum Gasteiger partial charge on any atom is 0.333 e. The largest absolute Gasteiger partial charge is 0.488 e. The molecule has 0 unspecified atom stereocenters. The Morgan fingerprint density at radius 3 is 2.57 bits per heavy atom. The number of H-pyrrole nitrogens is 1. The van der Waals surface area contributed by atoms with Gasteiger partial charge in [-0.25, -0.2) is 9.36 Å². The normalized spacial score (nSPS) is 11.2. The van der Waals surface area contributed by atoms with E-state index < -0.39 is 11.2 Å². The van der Waals surface area contributed by atoms with Gasteiger partial charge >= 0.3 is 5.69 Å². The third kappa shape index (κ3) is 4.15. The van der Waals surface area contributed by atoms with Crippen molar-refractivity contribution in [2.75, 3.05) is 0 Å². The fourth-order valence-corrected chi connectivity index (χ4v) is 4.74. The van der Waals surface area contributed by atoms with E-state index in [9.17, 15) is 9.59 Å². The number of rotatable bonds is 5. The zero-order valence-electron chi connectivity index (χ0n) is 19.4. The molecule has 2 aromatic heterocycles. The highest BCUT2D eigenvalue weighted by molar-refractivity contribution is 6.33. The van der Waals surface area contributed by atoms with Crippen molar-refractivity contribution in [1.82, 2.24) is 19.7 Å². The highest BCUT2D eigenvalue weighted by atomic mass is 35.5. The molecule has 6 aromatic rings. The number of hydrogen-bond donors (Lipinski definition) is 1. The Balaban J connectivity index is 1.46. The van der Waals surface area contributed by atoms with E-state index in [1.807, 2.05) is 48.5 Å². The maximum atomic E-state index is 13.5. The van der Waals surface area contributed by atoms with Crippen molar-refractivity contribution in [1.29, 1.82) is 0 Å². The summed E-state index contributed by atoms with van der Waals surface area (Å²) in [4.78, 5) is 29.6. The molecule has 0 aliphatic carbocycles. The Morgan fingerprint density at radius 1 is 0.865 bits per heavy atom. The first-order valence-electron chi connectivity index (χ1n) is 11.5. The van der Waals surface area contributed by atoms with Gasteiger partial charge in [0.1, 0.15) is 12.4 Å². The topological polar surface area (TPSA) is 89.9 Å². The fraction of sp³-hybridized carbons (Fsp3) is 0.0345. The van der Waals surface area contributed by atoms with Gasteiger partial charge in [0.15, 0.2) is 0 Å². The van der Waals surface area contributed by atoms with E-state index in [4.69, 9.17) is 16.3 Å². The van der Waals surface area contributed by atoms with Gasteiger partial charge < -0.3 is 9.72 Å². The zero-order chi connectivity index (χ0) is 25.4. The number of fused-ring (bicyclic) bond motifs is 2. The Hall–Kier alpha value is -4.75. The lowest BCUT2D eigenvalue weighted by molar-refractivity contribution is 0.307. The zero-order valence-corrected chi connectivity index (χ0v) is 20.1. The summed E-state index contributed by atoms with van der Waals surface area (Å²) in [6.45, 7) is 0.281. The van der Waals surface area contributed by atoms with Gasteiger partial charge in [-0.05, 0) is 47.3 Å². The average Bonchev–Trinajstić information content (AvgIpc) is 2.92. The lowest BCUT2D eigenvalue weighted by Crippen LogP contribution is -2.33. The summed E-state index contributed by atoms with van der Waals surface area (Å²) in [7, 11) is 0. The molecule has 0 atom stereocenters. The van der Waals surface area contributed by atoms with Gasteiger partial charge in [-0.3, -0.25) is 4.79 Å². The number of ether oxygens (including phenoxy) is 1. The Morgan fingerprint density at radius 2 is 1.70 bits per heavy atom. The van der Waals surface area contributed by atoms with Gasteiger partial charge in [0.25, 0.3) is 5.56 Å². The predicted molar refractivity (Wildman–Crippen MR) is 144 cm³/mol. The molecule has 7 nitrogen and oxygen atoms in total. The minimum absolute atomic E-state index is 0.281. The van der Waals surface area contributed by atoms with Crippen LogP contribution in [0.25, 0.3) is 38.5 Å². The molecule has 2 heterocycles. The molecule has 0 amide bonds. The van der Waals surface area contributed by atoms with Crippen LogP contribution < -0.4 is 16.0 Å². The van der Waals surface area contributed by atoms with Gasteiger partial charge in [-0.2, -0.15) is 10.2 Å². The minimum atomic E-state index is -0.521. The van der Waals surface area contributed by atoms with Crippen molar-refractivity contribution in [3.05, 3.63) is 129 Å². The first-order valence-corrected chi connectivity index (χ1v) is 11.9. The van der Waals surface area contributed by atoms with E-state index in [1.165, 1.54) is 4.57 Å². The monoisotopic (exact) mass is 506 g/mol. The molecule has 37 heavy (non-hydrogen) atoms. The molecule has 0 saturated heterocycles. The van der Waals surface area contributed by atoms with E-state index in [1.54, 1.807) is 48.8 Å². The summed E-state index contributed by atoms with van der Waals surface area (Å²) >= 11 is 6.58. The van der Waals surface area contributed by atoms with Crippen LogP contribution in [-0.2, 0) is 6.61 Å². The second kappa shape index (κ2) is 9.37. The number of nitrogens with zero attached hydrogens (tertiary/aromatic N) is 3. The first kappa shape index (κ1) is 22.7. The smallest absolute Gasteiger partial charge is 0.333 e. The molecule has 0 bridgehead atoms. The van der Waals surface area contributed by atoms with Crippen LogP contribution in [0.5, 0.6) is 5.75 Å². The molecule has 1 N–H and O–H groups in total. The molecule has 0 saturated carbocycles. The van der Waals surface area contributed by atoms with Gasteiger partial charge in [0.05, 0.1) is 27.8 Å². The van der Waals surface area contributed by atoms with E-state index in [0.29, 0.717) is 38.5 Å². The Kier molecular flexibility index (Phi) is 5.75. The molecular weight excluding hydrogens is 488 g/mol. The SMILES string of the molecule is O=c1[nH]c2cc(-c3c(Cl)cccc3OCc3ccnnc3)ccc2c(=O)n1-c1cccc2ccccc12. The van der Waals surface area contributed by atoms with Crippen LogP contribution in [0, 0.1) is 0 Å². The summed E-state index contributed by atoms with van der Waals surface area (Å²) in [6, 6.07) is 25.6. The molecule has 8 heteroatoms. The maximum absolute atomic E-state index is 13.5. The van der Waals surface area contributed by atoms with Crippen molar-refractivity contribution in [3.63, 3.8) is 0 Å². The van der Waals surface area contributed by atoms with Crippen molar-refractivity contribution in [3.8, 4) is 22.6 Å². The van der Waals surface area contributed by atoms with E-state index in [-0.39, 0.29) is 6.61 Å². The minimum Gasteiger partial charge on any atom is -0.488 e. The number of benzene rings is 4. The lowest BCUT2D eigenvalue weighted by atomic mass is 10.0. The van der Waals surface area contributed by atoms with Crippen LogP contribution in [0.2, 0.25) is 5.02 Å². The highest BCUT2D eigenvalue weighted by Crippen LogP contribution is 2.37. The number of aromatic nitrogens is 4. The van der Waals surface area contributed by atoms with Crippen LogP contribution in [0.3, 0.4) is 0 Å². The standard InChI is InChI=1S/C29H19ClN4O3/c30-23-8-4-10-26(37-17-18-13-14-31-32-16-18)27(23)20-11-12-22-24(15-20)33-29(36)34(28(22)35)25-9-3-6-19-5-1-2-7-21(19)25/h1-16H,17H2,(H,33,36). The number of aromatic amines is 1. The molecule has 0 aliphatic heterocycles. The van der Waals surface area contributed by atoms with Crippen molar-refractivity contribution >= 4 is 33.3 Å². The van der Waals surface area contributed by atoms with E-state index in [2.05, 4.69) is 15.2 Å².